The van der Waals surface area contributed by atoms with E-state index in [1.165, 1.54) is 0 Å². The maximum atomic E-state index is 12.4. The van der Waals surface area contributed by atoms with Gasteiger partial charge in [0.15, 0.2) is 0 Å². The van der Waals surface area contributed by atoms with Gasteiger partial charge in [-0.1, -0.05) is 12.1 Å². The Balaban J connectivity index is 1.69. The lowest BCUT2D eigenvalue weighted by atomic mass is 10.1. The number of aromatic nitrogens is 4. The van der Waals surface area contributed by atoms with Gasteiger partial charge >= 0.3 is 0 Å². The summed E-state index contributed by atoms with van der Waals surface area (Å²) in [6, 6.07) is 9.68. The minimum atomic E-state index is -0.104. The molecule has 0 aliphatic carbocycles. The fourth-order valence-corrected chi connectivity index (χ4v) is 2.65. The maximum absolute atomic E-state index is 12.4. The zero-order valence-electron chi connectivity index (χ0n) is 14.2. The van der Waals surface area contributed by atoms with E-state index >= 15 is 0 Å². The van der Waals surface area contributed by atoms with E-state index in [1.807, 2.05) is 66.7 Å². The second kappa shape index (κ2) is 6.70. The maximum Gasteiger partial charge on any atom is 0.251 e. The first-order chi connectivity index (χ1) is 11.5. The average molecular weight is 323 g/mol. The lowest BCUT2D eigenvalue weighted by Crippen LogP contribution is -2.24. The van der Waals surface area contributed by atoms with Crippen molar-refractivity contribution < 1.29 is 4.79 Å². The summed E-state index contributed by atoms with van der Waals surface area (Å²) >= 11 is 0. The Labute approximate surface area is 141 Å². The lowest BCUT2D eigenvalue weighted by molar-refractivity contribution is 0.0949. The highest BCUT2D eigenvalue weighted by atomic mass is 16.1. The first kappa shape index (κ1) is 16.0. The molecule has 3 rings (SSSR count). The van der Waals surface area contributed by atoms with Crippen molar-refractivity contribution in [1.82, 2.24) is 24.6 Å². The second-order valence-corrected chi connectivity index (χ2v) is 5.92. The van der Waals surface area contributed by atoms with E-state index in [0.29, 0.717) is 18.7 Å². The van der Waals surface area contributed by atoms with Crippen molar-refractivity contribution in [2.45, 2.75) is 26.9 Å². The fourth-order valence-electron chi connectivity index (χ4n) is 2.65. The predicted molar refractivity (Wildman–Crippen MR) is 91.6 cm³/mol. The molecule has 2 aromatic heterocycles. The number of hydrogen-bond donors (Lipinski definition) is 1. The minimum absolute atomic E-state index is 0.104. The third kappa shape index (κ3) is 3.53. The van der Waals surface area contributed by atoms with Gasteiger partial charge in [0.2, 0.25) is 0 Å². The van der Waals surface area contributed by atoms with E-state index in [2.05, 4.69) is 15.4 Å². The summed E-state index contributed by atoms with van der Waals surface area (Å²) in [5, 5.41) is 7.37. The molecular formula is C18H21N5O. The molecule has 1 N–H and O–H groups in total. The molecule has 1 amide bonds. The number of aryl methyl sites for hydroxylation is 3. The van der Waals surface area contributed by atoms with Crippen LogP contribution in [0.25, 0.3) is 0 Å². The molecule has 24 heavy (non-hydrogen) atoms. The standard InChI is InChI=1S/C18H21N5O/c1-13-9-14(2)23(21-13)12-15-5-4-6-16(10-15)18(24)20-11-17-19-7-8-22(17)3/h4-10H,11-12H2,1-3H3,(H,20,24). The molecule has 0 saturated heterocycles. The van der Waals surface area contributed by atoms with Crippen LogP contribution < -0.4 is 5.32 Å². The number of carbonyl (C=O) groups is 1. The van der Waals surface area contributed by atoms with Crippen molar-refractivity contribution in [3.63, 3.8) is 0 Å². The van der Waals surface area contributed by atoms with Crippen molar-refractivity contribution in [3.05, 3.63) is 71.1 Å². The second-order valence-electron chi connectivity index (χ2n) is 5.92. The molecule has 0 aliphatic rings. The van der Waals surface area contributed by atoms with Crippen LogP contribution in [0, 0.1) is 13.8 Å². The summed E-state index contributed by atoms with van der Waals surface area (Å²) in [5.41, 5.74) is 3.79. The Kier molecular flexibility index (Phi) is 4.46. The number of imidazole rings is 1. The number of nitrogens with one attached hydrogen (secondary N) is 1. The van der Waals surface area contributed by atoms with Crippen LogP contribution in [-0.4, -0.2) is 25.2 Å². The minimum Gasteiger partial charge on any atom is -0.345 e. The Morgan fingerprint density at radius 2 is 2.08 bits per heavy atom. The Bertz CT molecular complexity index is 862. The van der Waals surface area contributed by atoms with Gasteiger partial charge in [-0.2, -0.15) is 5.10 Å². The summed E-state index contributed by atoms with van der Waals surface area (Å²) in [6.07, 6.45) is 3.58. The van der Waals surface area contributed by atoms with Crippen LogP contribution in [0.4, 0.5) is 0 Å². The van der Waals surface area contributed by atoms with E-state index in [0.717, 1.165) is 22.8 Å². The van der Waals surface area contributed by atoms with E-state index in [-0.39, 0.29) is 5.91 Å². The van der Waals surface area contributed by atoms with Gasteiger partial charge in [0.05, 0.1) is 18.8 Å². The number of nitrogens with zero attached hydrogens (tertiary/aromatic N) is 4. The van der Waals surface area contributed by atoms with Crippen LogP contribution in [0.5, 0.6) is 0 Å². The van der Waals surface area contributed by atoms with E-state index in [9.17, 15) is 4.79 Å². The van der Waals surface area contributed by atoms with Gasteiger partial charge in [-0.15, -0.1) is 0 Å². The van der Waals surface area contributed by atoms with Crippen LogP contribution in [0.15, 0.2) is 42.7 Å². The monoisotopic (exact) mass is 323 g/mol. The van der Waals surface area contributed by atoms with Crippen molar-refractivity contribution in [2.24, 2.45) is 7.05 Å². The normalized spacial score (nSPS) is 10.8. The quantitative estimate of drug-likeness (QED) is 0.783. The molecule has 0 saturated carbocycles. The first-order valence-electron chi connectivity index (χ1n) is 7.87. The average Bonchev–Trinajstić information content (AvgIpc) is 3.10. The summed E-state index contributed by atoms with van der Waals surface area (Å²) < 4.78 is 3.83. The van der Waals surface area contributed by atoms with Crippen LogP contribution >= 0.6 is 0 Å². The Morgan fingerprint density at radius 3 is 2.75 bits per heavy atom. The molecule has 2 heterocycles. The highest BCUT2D eigenvalue weighted by Gasteiger charge is 2.09. The zero-order valence-corrected chi connectivity index (χ0v) is 14.2. The molecule has 6 nitrogen and oxygen atoms in total. The largest absolute Gasteiger partial charge is 0.345 e. The van der Waals surface area contributed by atoms with Gasteiger partial charge in [-0.3, -0.25) is 9.48 Å². The Hall–Kier alpha value is -2.89. The van der Waals surface area contributed by atoms with Crippen LogP contribution in [0.2, 0.25) is 0 Å². The smallest absolute Gasteiger partial charge is 0.251 e. The summed E-state index contributed by atoms with van der Waals surface area (Å²) in [6.45, 7) is 5.07. The number of benzene rings is 1. The molecule has 0 unspecified atom stereocenters. The molecule has 0 fully saturated rings. The molecule has 3 aromatic rings. The van der Waals surface area contributed by atoms with E-state index in [4.69, 9.17) is 0 Å². The summed E-state index contributed by atoms with van der Waals surface area (Å²) in [4.78, 5) is 16.6. The van der Waals surface area contributed by atoms with Crippen molar-refractivity contribution >= 4 is 5.91 Å². The highest BCUT2D eigenvalue weighted by molar-refractivity contribution is 5.94. The third-order valence-corrected chi connectivity index (χ3v) is 3.95. The van der Waals surface area contributed by atoms with Gasteiger partial charge in [0.1, 0.15) is 5.82 Å². The van der Waals surface area contributed by atoms with E-state index < -0.39 is 0 Å². The molecule has 0 aliphatic heterocycles. The number of rotatable bonds is 5. The van der Waals surface area contributed by atoms with Gasteiger partial charge in [-0.05, 0) is 37.6 Å². The van der Waals surface area contributed by atoms with Crippen LogP contribution in [0.3, 0.4) is 0 Å². The third-order valence-electron chi connectivity index (χ3n) is 3.95. The predicted octanol–water partition coefficient (Wildman–Crippen LogP) is 2.21. The van der Waals surface area contributed by atoms with Gasteiger partial charge in [0.25, 0.3) is 5.91 Å². The van der Waals surface area contributed by atoms with Gasteiger partial charge in [0, 0.05) is 30.7 Å². The van der Waals surface area contributed by atoms with Crippen molar-refractivity contribution in [3.8, 4) is 0 Å². The molecule has 0 bridgehead atoms. The molecular weight excluding hydrogens is 302 g/mol. The molecule has 0 atom stereocenters. The van der Waals surface area contributed by atoms with Crippen molar-refractivity contribution in [1.29, 1.82) is 0 Å². The summed E-state index contributed by atoms with van der Waals surface area (Å²) in [7, 11) is 1.91. The molecule has 124 valence electrons. The van der Waals surface area contributed by atoms with Crippen LogP contribution in [-0.2, 0) is 20.1 Å². The van der Waals surface area contributed by atoms with Gasteiger partial charge in [-0.25, -0.2) is 4.98 Å². The first-order valence-corrected chi connectivity index (χ1v) is 7.87. The molecule has 6 heteroatoms. The molecule has 1 aromatic carbocycles. The summed E-state index contributed by atoms with van der Waals surface area (Å²) in [5.74, 6) is 0.718. The zero-order chi connectivity index (χ0) is 17.1. The van der Waals surface area contributed by atoms with E-state index in [1.54, 1.807) is 6.20 Å². The topological polar surface area (TPSA) is 64.7 Å². The number of amides is 1. The van der Waals surface area contributed by atoms with Crippen molar-refractivity contribution in [2.75, 3.05) is 0 Å². The van der Waals surface area contributed by atoms with Crippen LogP contribution in [0.1, 0.15) is 33.1 Å². The lowest BCUT2D eigenvalue weighted by Gasteiger charge is -2.08. The fraction of sp³-hybridized carbons (Fsp3) is 0.278. The molecule has 0 spiro atoms. The highest BCUT2D eigenvalue weighted by Crippen LogP contribution is 2.10. The number of carbonyl (C=O) groups excluding carboxylic acids is 1. The molecule has 0 radical (unpaired) electrons. The van der Waals surface area contributed by atoms with Gasteiger partial charge < -0.3 is 9.88 Å². The SMILES string of the molecule is Cc1cc(C)n(Cc2cccc(C(=O)NCc3nccn3C)c2)n1. The number of hydrogen-bond acceptors (Lipinski definition) is 3. The Morgan fingerprint density at radius 1 is 1.25 bits per heavy atom.